The molecule has 2 aliphatic heterocycles. The number of aliphatic hydroxyl groups is 2. The van der Waals surface area contributed by atoms with Crippen molar-refractivity contribution in [3.8, 4) is 23.0 Å². The fourth-order valence-electron chi connectivity index (χ4n) is 9.20. The predicted octanol–water partition coefficient (Wildman–Crippen LogP) is 9.64. The van der Waals surface area contributed by atoms with Crippen molar-refractivity contribution in [2.45, 2.75) is 153 Å². The number of aliphatic hydroxyl groups excluding tert-OH is 2. The third-order valence-electron chi connectivity index (χ3n) is 12.8. The first-order chi connectivity index (χ1) is 34.2. The van der Waals surface area contributed by atoms with Crippen LogP contribution in [0.15, 0.2) is 36.4 Å². The number of methoxy groups -OCH3 is 2. The topological polar surface area (TPSA) is 195 Å². The van der Waals surface area contributed by atoms with E-state index in [9.17, 15) is 19.8 Å². The third-order valence-corrected chi connectivity index (χ3v) is 34.2. The second kappa shape index (κ2) is 41.5. The molecular weight excluding hydrogens is 1090 g/mol. The van der Waals surface area contributed by atoms with E-state index in [1.807, 2.05) is 44.2 Å². The molecule has 2 heterocycles. The number of amides is 1. The Morgan fingerprint density at radius 1 is 0.658 bits per heavy atom. The predicted molar refractivity (Wildman–Crippen MR) is 319 cm³/mol. The van der Waals surface area contributed by atoms with Crippen molar-refractivity contribution in [2.75, 3.05) is 79.9 Å². The van der Waals surface area contributed by atoms with E-state index in [1.54, 1.807) is 14.2 Å². The van der Waals surface area contributed by atoms with E-state index in [2.05, 4.69) is 56.9 Å². The number of carbonyl (C=O) groups excluding carboxylic acids is 1. The lowest BCUT2D eigenvalue weighted by Gasteiger charge is -2.37. The van der Waals surface area contributed by atoms with Crippen LogP contribution in [-0.2, 0) is 31.9 Å². The first-order valence-electron chi connectivity index (χ1n) is 25.7. The summed E-state index contributed by atoms with van der Waals surface area (Å²) in [6.07, 6.45) is 15.5. The fraction of sp³-hybridized carbons (Fsp3) is 0.720. The molecule has 2 aromatic rings. The number of hydrogen-bond acceptors (Lipinski definition) is 13. The van der Waals surface area contributed by atoms with Crippen molar-refractivity contribution in [1.82, 2.24) is 15.1 Å². The summed E-state index contributed by atoms with van der Waals surface area (Å²) in [5, 5.41) is 30.5. The molecular formula is C50H92Cl2N4O11P6. The van der Waals surface area contributed by atoms with Gasteiger partial charge in [-0.05, 0) is 114 Å². The summed E-state index contributed by atoms with van der Waals surface area (Å²) in [5.74, 6) is 2.19. The summed E-state index contributed by atoms with van der Waals surface area (Å²) < 4.78 is 35.0. The molecule has 10 atom stereocenters. The normalized spacial score (nSPS) is 21.7. The Bertz CT molecular complexity index is 1790. The Balaban J connectivity index is 0.000000587. The Morgan fingerprint density at radius 2 is 1.10 bits per heavy atom. The number of nitrogens with one attached hydrogen (secondary N) is 1. The zero-order valence-corrected chi connectivity index (χ0v) is 52.0. The highest BCUT2D eigenvalue weighted by Gasteiger charge is 2.36. The maximum atomic E-state index is 11.5. The molecule has 2 saturated carbocycles. The van der Waals surface area contributed by atoms with Crippen molar-refractivity contribution < 1.29 is 53.3 Å². The molecule has 2 aromatic carbocycles. The molecule has 6 N–H and O–H groups in total. The van der Waals surface area contributed by atoms with Crippen LogP contribution in [-0.4, -0.2) is 153 Å². The molecule has 0 aromatic heterocycles. The van der Waals surface area contributed by atoms with Crippen molar-refractivity contribution in [3.05, 3.63) is 47.5 Å². The molecule has 0 spiro atoms. The van der Waals surface area contributed by atoms with Crippen LogP contribution in [0.1, 0.15) is 115 Å². The lowest BCUT2D eigenvalue weighted by molar-refractivity contribution is -0.137. The lowest BCUT2D eigenvalue weighted by atomic mass is 9.91. The van der Waals surface area contributed by atoms with Gasteiger partial charge in [0.1, 0.15) is 13.2 Å². The molecule has 2 aliphatic carbocycles. The number of aliphatic carboxylic acids is 1. The van der Waals surface area contributed by atoms with Crippen LogP contribution in [0, 0.1) is 0 Å². The Labute approximate surface area is 461 Å². The van der Waals surface area contributed by atoms with Gasteiger partial charge in [0, 0.05) is 57.6 Å². The summed E-state index contributed by atoms with van der Waals surface area (Å²) in [5.41, 5.74) is 7.82. The van der Waals surface area contributed by atoms with Gasteiger partial charge in [-0.25, -0.2) is 0 Å². The second-order valence-electron chi connectivity index (χ2n) is 18.4. The number of β-amino-alcohol motifs (C(OH)–C–C–N with tert-alkyl or cyclic N) is 2. The number of carbonyl (C=O) groups is 2. The van der Waals surface area contributed by atoms with Crippen molar-refractivity contribution in [3.63, 3.8) is 0 Å². The highest BCUT2D eigenvalue weighted by molar-refractivity contribution is 8.92. The van der Waals surface area contributed by atoms with Crippen molar-refractivity contribution >= 4 is 86.4 Å². The van der Waals surface area contributed by atoms with Crippen LogP contribution < -0.4 is 30.0 Å². The molecule has 1 amide bonds. The summed E-state index contributed by atoms with van der Waals surface area (Å²) in [6.45, 7) is 10.9. The Morgan fingerprint density at radius 3 is 1.45 bits per heavy atom. The SMILES string of the molecule is CCCC(=O)NCCOc1ccc(CCOC2CCCCC2N2CC[C@@H](O)C2)cc1OC.CCCC(=O)O.COc1cc(CCOC2CCCCC2N2CC[C@@H](O)C2)ccc1OCCN.Cl.Cl.PP(P)P(P)P. The molecule has 4 aliphatic rings. The minimum atomic E-state index is -0.711. The highest BCUT2D eigenvalue weighted by atomic mass is 35.5. The van der Waals surface area contributed by atoms with Crippen LogP contribution in [0.4, 0.5) is 0 Å². The minimum Gasteiger partial charge on any atom is -0.493 e. The summed E-state index contributed by atoms with van der Waals surface area (Å²) in [6, 6.07) is 12.9. The van der Waals surface area contributed by atoms with Gasteiger partial charge in [0.05, 0.1) is 58.4 Å². The number of ether oxygens (including phenoxy) is 6. The van der Waals surface area contributed by atoms with E-state index in [1.165, 1.54) is 37.7 Å². The maximum absolute atomic E-state index is 11.5. The summed E-state index contributed by atoms with van der Waals surface area (Å²) >= 11 is 0. The number of nitrogens with zero attached hydrogens (tertiary/aromatic N) is 2. The first kappa shape index (κ1) is 70.5. The minimum absolute atomic E-state index is 0. The number of halogens is 2. The monoisotopic (exact) mass is 1180 g/mol. The fourth-order valence-corrected chi connectivity index (χ4v) is 9.20. The van der Waals surface area contributed by atoms with Gasteiger partial charge < -0.3 is 54.8 Å². The van der Waals surface area contributed by atoms with Crippen molar-refractivity contribution in [2.24, 2.45) is 5.73 Å². The molecule has 0 radical (unpaired) electrons. The van der Waals surface area contributed by atoms with Crippen LogP contribution >= 0.6 is 74.5 Å². The van der Waals surface area contributed by atoms with E-state index in [0.717, 1.165) is 101 Å². The molecule has 2 saturated heterocycles. The molecule has 23 heteroatoms. The number of carboxylic acid groups (broad SMARTS) is 1. The molecule has 4 fully saturated rings. The maximum Gasteiger partial charge on any atom is 0.303 e. The highest BCUT2D eigenvalue weighted by Crippen LogP contribution is 2.86. The van der Waals surface area contributed by atoms with E-state index < -0.39 is 5.97 Å². The van der Waals surface area contributed by atoms with Gasteiger partial charge in [-0.2, -0.15) is 0 Å². The zero-order chi connectivity index (χ0) is 52.0. The summed E-state index contributed by atoms with van der Waals surface area (Å²) in [7, 11) is 14.4. The van der Waals surface area contributed by atoms with Crippen LogP contribution in [0.2, 0.25) is 0 Å². The number of carboxylic acids is 1. The standard InChI is InChI=1S/C25H40N2O5.C21H34N2O4.C4H8O2.2ClH.H8P6/c1-3-6-25(29)26-13-16-32-23-10-9-19(17-24(23)30-2)12-15-31-22-8-5-4-7-21(22)27-14-11-20(28)18-27;1-25-21-14-16(6-7-20(21)27-13-10-22)9-12-26-19-5-3-2-4-18(19)23-11-8-17(24)15-23;1-2-3-4(5)6;;;1-5(2)6(3)4/h9-10,17,20-22,28H,3-8,11-16,18H2,1-2H3,(H,26,29);6-7,14,17-19,24H,2-5,8-13,15,22H2,1H3;2-3H2,1H3,(H,5,6);2*1H;1-4H2/t20-,21?,22?;17-,18?,19?;;;;/m11..../s1. The van der Waals surface area contributed by atoms with Crippen LogP contribution in [0.3, 0.4) is 0 Å². The smallest absolute Gasteiger partial charge is 0.303 e. The molecule has 6 rings (SSSR count). The molecule has 0 bridgehead atoms. The zero-order valence-electron chi connectivity index (χ0n) is 43.9. The van der Waals surface area contributed by atoms with Gasteiger partial charge in [0.25, 0.3) is 0 Å². The van der Waals surface area contributed by atoms with Gasteiger partial charge in [0.2, 0.25) is 5.91 Å². The number of rotatable bonds is 24. The van der Waals surface area contributed by atoms with Gasteiger partial charge in [-0.15, -0.1) is 60.5 Å². The van der Waals surface area contributed by atoms with Crippen LogP contribution in [0.25, 0.3) is 0 Å². The average Bonchev–Trinajstić information content (AvgIpc) is 4.01. The van der Waals surface area contributed by atoms with Gasteiger partial charge in [-0.3, -0.25) is 19.4 Å². The molecule has 422 valence electrons. The van der Waals surface area contributed by atoms with Gasteiger partial charge in [0.15, 0.2) is 23.0 Å². The second-order valence-corrected chi connectivity index (χ2v) is 38.1. The number of nitrogens with two attached hydrogens (primary N) is 1. The number of benzene rings is 2. The lowest BCUT2D eigenvalue weighted by Crippen LogP contribution is -2.46. The largest absolute Gasteiger partial charge is 0.493 e. The third kappa shape index (κ3) is 28.3. The molecule has 73 heavy (non-hydrogen) atoms. The number of hydrogen-bond donors (Lipinski definition) is 5. The molecule has 8 unspecified atom stereocenters. The van der Waals surface area contributed by atoms with E-state index >= 15 is 0 Å². The quantitative estimate of drug-likeness (QED) is 0.0493. The van der Waals surface area contributed by atoms with E-state index in [0.29, 0.717) is 75.9 Å². The van der Waals surface area contributed by atoms with E-state index in [4.69, 9.17) is 39.3 Å². The van der Waals surface area contributed by atoms with Crippen LogP contribution in [0.5, 0.6) is 23.0 Å². The van der Waals surface area contributed by atoms with E-state index in [-0.39, 0.29) is 69.1 Å². The molecule has 15 nitrogen and oxygen atoms in total. The summed E-state index contributed by atoms with van der Waals surface area (Å²) in [4.78, 5) is 26.0. The number of likely N-dealkylation sites (tertiary alicyclic amines) is 2. The first-order valence-corrected chi connectivity index (χ1v) is 35.5. The Kier molecular flexibility index (Phi) is 40.1. The van der Waals surface area contributed by atoms with Gasteiger partial charge >= 0.3 is 5.97 Å². The average molecular weight is 1180 g/mol. The Hall–Kier alpha value is -0.540. The van der Waals surface area contributed by atoms with Gasteiger partial charge in [-0.1, -0.05) is 51.7 Å². The van der Waals surface area contributed by atoms with Crippen molar-refractivity contribution in [1.29, 1.82) is 0 Å².